The Labute approximate surface area is 126 Å². The maximum atomic E-state index is 12.2. The van der Waals surface area contributed by atoms with Crippen molar-refractivity contribution in [1.29, 1.82) is 0 Å². The Hall–Kier alpha value is -1.31. The molecule has 0 saturated carbocycles. The van der Waals surface area contributed by atoms with Crippen molar-refractivity contribution in [2.45, 2.75) is 11.4 Å². The Bertz CT molecular complexity index is 710. The van der Waals surface area contributed by atoms with Gasteiger partial charge in [0, 0.05) is 18.9 Å². The normalized spacial score (nSPS) is 11.6. The van der Waals surface area contributed by atoms with Crippen LogP contribution in [0, 0.1) is 0 Å². The van der Waals surface area contributed by atoms with E-state index in [1.54, 1.807) is 6.07 Å². The van der Waals surface area contributed by atoms with Gasteiger partial charge in [-0.15, -0.1) is 0 Å². The first-order valence-electron chi connectivity index (χ1n) is 5.87. The standard InChI is InChI=1S/C13H15BrN2O3S/c1-16-7-3-4-10(16)9-15-20(17,18)11-5-6-13(19-2)12(14)8-11/h3-8,15H,9H2,1-2H3. The van der Waals surface area contributed by atoms with Crippen molar-refractivity contribution >= 4 is 26.0 Å². The zero-order valence-electron chi connectivity index (χ0n) is 11.1. The number of nitrogens with zero attached hydrogens (tertiary/aromatic N) is 1. The molecule has 7 heteroatoms. The van der Waals surface area contributed by atoms with Crippen molar-refractivity contribution in [2.24, 2.45) is 7.05 Å². The minimum absolute atomic E-state index is 0.194. The molecule has 0 unspecified atom stereocenters. The predicted molar refractivity (Wildman–Crippen MR) is 80.1 cm³/mol. The third kappa shape index (κ3) is 3.23. The van der Waals surface area contributed by atoms with E-state index >= 15 is 0 Å². The lowest BCUT2D eigenvalue weighted by atomic mass is 10.3. The van der Waals surface area contributed by atoms with Gasteiger partial charge in [-0.3, -0.25) is 0 Å². The molecule has 5 nitrogen and oxygen atoms in total. The summed E-state index contributed by atoms with van der Waals surface area (Å²) in [6.07, 6.45) is 1.87. The fourth-order valence-electron chi connectivity index (χ4n) is 1.75. The summed E-state index contributed by atoms with van der Waals surface area (Å²) in [6.45, 7) is 0.246. The van der Waals surface area contributed by atoms with Gasteiger partial charge >= 0.3 is 0 Å². The van der Waals surface area contributed by atoms with E-state index in [0.29, 0.717) is 10.2 Å². The third-order valence-corrected chi connectivity index (χ3v) is 4.95. The van der Waals surface area contributed by atoms with Crippen LogP contribution in [0.2, 0.25) is 0 Å². The highest BCUT2D eigenvalue weighted by atomic mass is 79.9. The molecule has 1 N–H and O–H groups in total. The monoisotopic (exact) mass is 358 g/mol. The van der Waals surface area contributed by atoms with Gasteiger partial charge in [-0.2, -0.15) is 0 Å². The lowest BCUT2D eigenvalue weighted by molar-refractivity contribution is 0.411. The summed E-state index contributed by atoms with van der Waals surface area (Å²) in [7, 11) is -0.151. The molecule has 2 rings (SSSR count). The first-order chi connectivity index (χ1) is 9.44. The summed E-state index contributed by atoms with van der Waals surface area (Å²) in [5.41, 5.74) is 0.890. The van der Waals surface area contributed by atoms with E-state index in [0.717, 1.165) is 5.69 Å². The largest absolute Gasteiger partial charge is 0.496 e. The number of methoxy groups -OCH3 is 1. The summed E-state index contributed by atoms with van der Waals surface area (Å²) in [5.74, 6) is 0.589. The van der Waals surface area contributed by atoms with E-state index in [-0.39, 0.29) is 11.4 Å². The van der Waals surface area contributed by atoms with Gasteiger partial charge in [0.25, 0.3) is 0 Å². The number of hydrogen-bond acceptors (Lipinski definition) is 3. The Kier molecular flexibility index (Phi) is 4.52. The average Bonchev–Trinajstić information content (AvgIpc) is 2.82. The Morgan fingerprint density at radius 3 is 2.65 bits per heavy atom. The van der Waals surface area contributed by atoms with Crippen LogP contribution in [-0.4, -0.2) is 20.1 Å². The lowest BCUT2D eigenvalue weighted by Crippen LogP contribution is -2.24. The van der Waals surface area contributed by atoms with Gasteiger partial charge < -0.3 is 9.30 Å². The zero-order chi connectivity index (χ0) is 14.8. The van der Waals surface area contributed by atoms with Crippen LogP contribution in [0.3, 0.4) is 0 Å². The van der Waals surface area contributed by atoms with Crippen LogP contribution >= 0.6 is 15.9 Å². The van der Waals surface area contributed by atoms with Crippen molar-refractivity contribution in [3.8, 4) is 5.75 Å². The second kappa shape index (κ2) is 5.99. The van der Waals surface area contributed by atoms with Gasteiger partial charge in [-0.25, -0.2) is 13.1 Å². The Morgan fingerprint density at radius 1 is 1.35 bits per heavy atom. The number of sulfonamides is 1. The van der Waals surface area contributed by atoms with Crippen LogP contribution in [0.4, 0.5) is 0 Å². The molecule has 1 heterocycles. The molecular formula is C13H15BrN2O3S. The second-order valence-electron chi connectivity index (χ2n) is 4.23. The quantitative estimate of drug-likeness (QED) is 0.891. The first kappa shape index (κ1) is 15.1. The molecule has 0 aliphatic heterocycles. The molecule has 20 heavy (non-hydrogen) atoms. The van der Waals surface area contributed by atoms with E-state index in [9.17, 15) is 8.42 Å². The molecule has 2 aromatic rings. The van der Waals surface area contributed by atoms with E-state index in [4.69, 9.17) is 4.74 Å². The van der Waals surface area contributed by atoms with Gasteiger partial charge in [0.15, 0.2) is 0 Å². The van der Waals surface area contributed by atoms with Crippen LogP contribution in [0.25, 0.3) is 0 Å². The Morgan fingerprint density at radius 2 is 2.10 bits per heavy atom. The van der Waals surface area contributed by atoms with Gasteiger partial charge in [0.05, 0.1) is 23.0 Å². The number of ether oxygens (including phenoxy) is 1. The fourth-order valence-corrected chi connectivity index (χ4v) is 3.46. The van der Waals surface area contributed by atoms with E-state index in [2.05, 4.69) is 20.7 Å². The van der Waals surface area contributed by atoms with Gasteiger partial charge in [-0.1, -0.05) is 0 Å². The number of halogens is 1. The maximum absolute atomic E-state index is 12.2. The van der Waals surface area contributed by atoms with Crippen molar-refractivity contribution < 1.29 is 13.2 Å². The maximum Gasteiger partial charge on any atom is 0.240 e. The number of aromatic nitrogens is 1. The minimum Gasteiger partial charge on any atom is -0.496 e. The molecule has 0 atom stereocenters. The molecule has 0 spiro atoms. The van der Waals surface area contributed by atoms with Crippen LogP contribution < -0.4 is 9.46 Å². The van der Waals surface area contributed by atoms with E-state index < -0.39 is 10.0 Å². The highest BCUT2D eigenvalue weighted by Crippen LogP contribution is 2.27. The molecule has 1 aromatic heterocycles. The molecule has 0 radical (unpaired) electrons. The molecule has 0 amide bonds. The Balaban J connectivity index is 2.18. The molecule has 0 aliphatic rings. The van der Waals surface area contributed by atoms with Gasteiger partial charge in [0.1, 0.15) is 5.75 Å². The summed E-state index contributed by atoms with van der Waals surface area (Å²) in [4.78, 5) is 0.194. The summed E-state index contributed by atoms with van der Waals surface area (Å²) < 4.78 is 34.5. The minimum atomic E-state index is -3.55. The van der Waals surface area contributed by atoms with Crippen molar-refractivity contribution in [3.63, 3.8) is 0 Å². The van der Waals surface area contributed by atoms with Crippen LogP contribution in [0.15, 0.2) is 45.9 Å². The topological polar surface area (TPSA) is 60.3 Å². The summed E-state index contributed by atoms with van der Waals surface area (Å²) >= 11 is 3.28. The van der Waals surface area contributed by atoms with Crippen molar-refractivity contribution in [1.82, 2.24) is 9.29 Å². The van der Waals surface area contributed by atoms with Crippen LogP contribution in [0.1, 0.15) is 5.69 Å². The van der Waals surface area contributed by atoms with Crippen LogP contribution in [0.5, 0.6) is 5.75 Å². The fraction of sp³-hybridized carbons (Fsp3) is 0.231. The highest BCUT2D eigenvalue weighted by Gasteiger charge is 2.16. The smallest absolute Gasteiger partial charge is 0.240 e. The number of hydrogen-bond donors (Lipinski definition) is 1. The highest BCUT2D eigenvalue weighted by molar-refractivity contribution is 9.10. The molecule has 108 valence electrons. The molecule has 1 aromatic carbocycles. The van der Waals surface area contributed by atoms with Gasteiger partial charge in [-0.05, 0) is 46.3 Å². The van der Waals surface area contributed by atoms with E-state index in [1.807, 2.05) is 29.9 Å². The number of nitrogens with one attached hydrogen (secondary N) is 1. The summed E-state index contributed by atoms with van der Waals surface area (Å²) in [6, 6.07) is 8.38. The van der Waals surface area contributed by atoms with Gasteiger partial charge in [0.2, 0.25) is 10.0 Å². The molecule has 0 bridgehead atoms. The van der Waals surface area contributed by atoms with Crippen LogP contribution in [-0.2, 0) is 23.6 Å². The molecule has 0 fully saturated rings. The number of aryl methyl sites for hydroxylation is 1. The van der Waals surface area contributed by atoms with Crippen molar-refractivity contribution in [2.75, 3.05) is 7.11 Å². The van der Waals surface area contributed by atoms with E-state index in [1.165, 1.54) is 19.2 Å². The second-order valence-corrected chi connectivity index (χ2v) is 6.85. The summed E-state index contributed by atoms with van der Waals surface area (Å²) in [5, 5.41) is 0. The third-order valence-electron chi connectivity index (χ3n) is 2.93. The molecule has 0 saturated heterocycles. The number of rotatable bonds is 5. The SMILES string of the molecule is COc1ccc(S(=O)(=O)NCc2cccn2C)cc1Br. The predicted octanol–water partition coefficient (Wildman–Crippen LogP) is 2.27. The molecular weight excluding hydrogens is 344 g/mol. The zero-order valence-corrected chi connectivity index (χ0v) is 13.5. The van der Waals surface area contributed by atoms with Crippen molar-refractivity contribution in [3.05, 3.63) is 46.7 Å². The molecule has 0 aliphatic carbocycles. The lowest BCUT2D eigenvalue weighted by Gasteiger charge is -2.09. The average molecular weight is 359 g/mol. The number of benzene rings is 1. The first-order valence-corrected chi connectivity index (χ1v) is 8.15.